The molecule has 1 fully saturated rings. The fourth-order valence-corrected chi connectivity index (χ4v) is 2.67. The molecular formula is C14H18N4O2. The maximum absolute atomic E-state index is 12.7. The van der Waals surface area contributed by atoms with Crippen LogP contribution in [0.25, 0.3) is 0 Å². The molecule has 3 rings (SSSR count). The molecule has 2 aliphatic heterocycles. The number of hydrogen-bond acceptors (Lipinski definition) is 4. The van der Waals surface area contributed by atoms with Crippen molar-refractivity contribution in [2.24, 2.45) is 0 Å². The second-order valence-corrected chi connectivity index (χ2v) is 5.05. The Morgan fingerprint density at radius 1 is 1.20 bits per heavy atom. The van der Waals surface area contributed by atoms with Crippen molar-refractivity contribution >= 4 is 23.2 Å². The molecule has 0 saturated carbocycles. The van der Waals surface area contributed by atoms with E-state index in [9.17, 15) is 9.59 Å². The van der Waals surface area contributed by atoms with E-state index in [4.69, 9.17) is 0 Å². The Morgan fingerprint density at radius 3 is 2.85 bits per heavy atom. The van der Waals surface area contributed by atoms with E-state index in [-0.39, 0.29) is 11.8 Å². The minimum Gasteiger partial charge on any atom is -0.382 e. The van der Waals surface area contributed by atoms with Crippen LogP contribution in [0.5, 0.6) is 0 Å². The van der Waals surface area contributed by atoms with Gasteiger partial charge in [-0.15, -0.1) is 0 Å². The van der Waals surface area contributed by atoms with Gasteiger partial charge < -0.3 is 20.9 Å². The first kappa shape index (κ1) is 12.8. The van der Waals surface area contributed by atoms with Gasteiger partial charge in [0.1, 0.15) is 6.04 Å². The predicted octanol–water partition coefficient (Wildman–Crippen LogP) is 0.484. The maximum atomic E-state index is 12.7. The molecule has 1 aromatic rings. The highest BCUT2D eigenvalue weighted by molar-refractivity contribution is 6.04. The topological polar surface area (TPSA) is 73.5 Å². The second kappa shape index (κ2) is 5.03. The molecule has 1 saturated heterocycles. The normalized spacial score (nSPS) is 21.4. The third kappa shape index (κ3) is 2.07. The molecule has 3 N–H and O–H groups in total. The molecule has 2 amide bonds. The number of rotatable bonds is 1. The van der Waals surface area contributed by atoms with E-state index in [2.05, 4.69) is 16.0 Å². The van der Waals surface area contributed by atoms with Crippen LogP contribution in [0, 0.1) is 0 Å². The summed E-state index contributed by atoms with van der Waals surface area (Å²) in [6, 6.07) is 5.19. The molecule has 0 aliphatic carbocycles. The summed E-state index contributed by atoms with van der Waals surface area (Å²) >= 11 is 0. The van der Waals surface area contributed by atoms with Crippen LogP contribution in [0.3, 0.4) is 0 Å². The average Bonchev–Trinajstić information content (AvgIpc) is 2.49. The Hall–Kier alpha value is -2.24. The molecule has 106 valence electrons. The third-order valence-corrected chi connectivity index (χ3v) is 3.80. The van der Waals surface area contributed by atoms with Crippen LogP contribution in [0.15, 0.2) is 18.2 Å². The molecule has 2 aliphatic rings. The first-order valence-corrected chi connectivity index (χ1v) is 6.88. The number of para-hydroxylation sites is 1. The minimum absolute atomic E-state index is 0.0968. The van der Waals surface area contributed by atoms with Gasteiger partial charge in [0.25, 0.3) is 5.91 Å². The number of anilines is 2. The SMILES string of the molecule is CC1C(=O)NCCN1C(=O)c1cccc2c1NCCN2. The summed E-state index contributed by atoms with van der Waals surface area (Å²) in [6.07, 6.45) is 0. The number of piperazine rings is 1. The van der Waals surface area contributed by atoms with Gasteiger partial charge in [0.2, 0.25) is 5.91 Å². The molecule has 0 aromatic heterocycles. The molecule has 1 unspecified atom stereocenters. The fourth-order valence-electron chi connectivity index (χ4n) is 2.67. The Bertz CT molecular complexity index is 558. The van der Waals surface area contributed by atoms with Gasteiger partial charge in [0.15, 0.2) is 0 Å². The summed E-state index contributed by atoms with van der Waals surface area (Å²) in [4.78, 5) is 26.0. The molecule has 0 radical (unpaired) electrons. The summed E-state index contributed by atoms with van der Waals surface area (Å²) in [6.45, 7) is 4.44. The zero-order chi connectivity index (χ0) is 14.1. The van der Waals surface area contributed by atoms with E-state index < -0.39 is 6.04 Å². The van der Waals surface area contributed by atoms with Gasteiger partial charge in [0.05, 0.1) is 16.9 Å². The largest absolute Gasteiger partial charge is 0.382 e. The van der Waals surface area contributed by atoms with E-state index in [0.29, 0.717) is 18.7 Å². The number of carbonyl (C=O) groups is 2. The van der Waals surface area contributed by atoms with Crippen LogP contribution in [-0.4, -0.2) is 48.9 Å². The zero-order valence-corrected chi connectivity index (χ0v) is 11.4. The predicted molar refractivity (Wildman–Crippen MR) is 76.9 cm³/mol. The van der Waals surface area contributed by atoms with E-state index in [0.717, 1.165) is 24.5 Å². The quantitative estimate of drug-likeness (QED) is 0.696. The van der Waals surface area contributed by atoms with Gasteiger partial charge in [-0.2, -0.15) is 0 Å². The highest BCUT2D eigenvalue weighted by Gasteiger charge is 2.31. The fraction of sp³-hybridized carbons (Fsp3) is 0.429. The van der Waals surface area contributed by atoms with Crippen molar-refractivity contribution in [2.45, 2.75) is 13.0 Å². The Kier molecular flexibility index (Phi) is 3.22. The summed E-state index contributed by atoms with van der Waals surface area (Å²) in [7, 11) is 0. The van der Waals surface area contributed by atoms with Crippen LogP contribution in [0.1, 0.15) is 17.3 Å². The standard InChI is InChI=1S/C14H18N4O2/c1-9-13(19)17-7-8-18(9)14(20)10-3-2-4-11-12(10)16-6-5-15-11/h2-4,9,15-16H,5-8H2,1H3,(H,17,19). The van der Waals surface area contributed by atoms with E-state index in [1.807, 2.05) is 12.1 Å². The number of nitrogens with one attached hydrogen (secondary N) is 3. The van der Waals surface area contributed by atoms with Gasteiger partial charge >= 0.3 is 0 Å². The molecule has 0 bridgehead atoms. The summed E-state index contributed by atoms with van der Waals surface area (Å²) in [5.74, 6) is -0.194. The van der Waals surface area contributed by atoms with Gasteiger partial charge in [-0.1, -0.05) is 6.07 Å². The number of nitrogens with zero attached hydrogens (tertiary/aromatic N) is 1. The smallest absolute Gasteiger partial charge is 0.256 e. The first-order chi connectivity index (χ1) is 9.68. The number of benzene rings is 1. The van der Waals surface area contributed by atoms with E-state index in [1.165, 1.54) is 0 Å². The van der Waals surface area contributed by atoms with Crippen LogP contribution >= 0.6 is 0 Å². The monoisotopic (exact) mass is 274 g/mol. The molecule has 6 nitrogen and oxygen atoms in total. The van der Waals surface area contributed by atoms with Crippen LogP contribution in [-0.2, 0) is 4.79 Å². The van der Waals surface area contributed by atoms with Crippen LogP contribution < -0.4 is 16.0 Å². The molecule has 20 heavy (non-hydrogen) atoms. The number of amides is 2. The average molecular weight is 274 g/mol. The number of fused-ring (bicyclic) bond motifs is 1. The Morgan fingerprint density at radius 2 is 2.00 bits per heavy atom. The van der Waals surface area contributed by atoms with Crippen molar-refractivity contribution in [2.75, 3.05) is 36.8 Å². The lowest BCUT2D eigenvalue weighted by atomic mass is 10.1. The van der Waals surface area contributed by atoms with Crippen molar-refractivity contribution in [3.63, 3.8) is 0 Å². The van der Waals surface area contributed by atoms with Gasteiger partial charge in [-0.25, -0.2) is 0 Å². The molecule has 6 heteroatoms. The Labute approximate surface area is 117 Å². The molecule has 1 aromatic carbocycles. The Balaban J connectivity index is 1.92. The lowest BCUT2D eigenvalue weighted by molar-refractivity contribution is -0.127. The maximum Gasteiger partial charge on any atom is 0.256 e. The highest BCUT2D eigenvalue weighted by Crippen LogP contribution is 2.29. The van der Waals surface area contributed by atoms with Gasteiger partial charge in [-0.3, -0.25) is 9.59 Å². The van der Waals surface area contributed by atoms with Crippen molar-refractivity contribution in [1.29, 1.82) is 0 Å². The van der Waals surface area contributed by atoms with Crippen molar-refractivity contribution in [3.8, 4) is 0 Å². The van der Waals surface area contributed by atoms with E-state index in [1.54, 1.807) is 17.9 Å². The molecule has 1 atom stereocenters. The van der Waals surface area contributed by atoms with Crippen molar-refractivity contribution < 1.29 is 9.59 Å². The number of hydrogen-bond donors (Lipinski definition) is 3. The second-order valence-electron chi connectivity index (χ2n) is 5.05. The summed E-state index contributed by atoms with van der Waals surface area (Å²) in [5.41, 5.74) is 2.40. The van der Waals surface area contributed by atoms with Gasteiger partial charge in [-0.05, 0) is 19.1 Å². The lowest BCUT2D eigenvalue weighted by Gasteiger charge is -2.34. The van der Waals surface area contributed by atoms with Crippen molar-refractivity contribution in [1.82, 2.24) is 10.2 Å². The van der Waals surface area contributed by atoms with Gasteiger partial charge in [0, 0.05) is 26.2 Å². The molecular weight excluding hydrogens is 256 g/mol. The zero-order valence-electron chi connectivity index (χ0n) is 11.4. The summed E-state index contributed by atoms with van der Waals surface area (Å²) in [5, 5.41) is 9.30. The molecule has 2 heterocycles. The molecule has 0 spiro atoms. The highest BCUT2D eigenvalue weighted by atomic mass is 16.2. The minimum atomic E-state index is -0.427. The first-order valence-electron chi connectivity index (χ1n) is 6.88. The number of carbonyl (C=O) groups excluding carboxylic acids is 2. The van der Waals surface area contributed by atoms with Crippen molar-refractivity contribution in [3.05, 3.63) is 23.8 Å². The summed E-state index contributed by atoms with van der Waals surface area (Å²) < 4.78 is 0. The van der Waals surface area contributed by atoms with E-state index >= 15 is 0 Å². The van der Waals surface area contributed by atoms with Crippen LogP contribution in [0.2, 0.25) is 0 Å². The lowest BCUT2D eigenvalue weighted by Crippen LogP contribution is -2.55. The third-order valence-electron chi connectivity index (χ3n) is 3.80. The van der Waals surface area contributed by atoms with Crippen LogP contribution in [0.4, 0.5) is 11.4 Å².